The van der Waals surface area contributed by atoms with Crippen LogP contribution in [0.2, 0.25) is 0 Å². The summed E-state index contributed by atoms with van der Waals surface area (Å²) in [6, 6.07) is 8.71. The lowest BCUT2D eigenvalue weighted by atomic mass is 10.1. The van der Waals surface area contributed by atoms with Gasteiger partial charge in [0, 0.05) is 11.3 Å². The Labute approximate surface area is 119 Å². The normalized spacial score (nSPS) is 12.3. The van der Waals surface area contributed by atoms with Crippen molar-refractivity contribution in [2.75, 3.05) is 11.5 Å². The number of fused-ring (bicyclic) bond motifs is 3. The van der Waals surface area contributed by atoms with Crippen LogP contribution in [0, 0.1) is 0 Å². The minimum absolute atomic E-state index is 0.0863. The van der Waals surface area contributed by atoms with Crippen LogP contribution in [-0.4, -0.2) is 15.8 Å². The average molecular weight is 278 g/mol. The van der Waals surface area contributed by atoms with Gasteiger partial charge in [0.25, 0.3) is 0 Å². The van der Waals surface area contributed by atoms with Crippen LogP contribution in [-0.2, 0) is 0 Å². The molecular weight excluding hydrogens is 268 g/mol. The monoisotopic (exact) mass is 278 g/mol. The molecule has 1 aliphatic rings. The Morgan fingerprint density at radius 1 is 0.952 bits per heavy atom. The van der Waals surface area contributed by atoms with Crippen molar-refractivity contribution in [2.45, 2.75) is 0 Å². The molecule has 2 aromatic heterocycles. The van der Waals surface area contributed by atoms with E-state index in [9.17, 15) is 4.79 Å². The Hall–Kier alpha value is -3.15. The molecule has 0 saturated heterocycles. The molecular formula is C15H10N4O2. The summed E-state index contributed by atoms with van der Waals surface area (Å²) in [6.45, 7) is 0. The number of aromatic nitrogens is 2. The molecule has 102 valence electrons. The number of hydrogen-bond donors (Lipinski definition) is 2. The van der Waals surface area contributed by atoms with Crippen LogP contribution in [0.4, 0.5) is 11.6 Å². The Morgan fingerprint density at radius 2 is 1.76 bits per heavy atom. The molecule has 0 fully saturated rings. The van der Waals surface area contributed by atoms with E-state index in [0.717, 1.165) is 0 Å². The second kappa shape index (κ2) is 3.92. The molecule has 1 aliphatic carbocycles. The molecule has 4 N–H and O–H groups in total. The van der Waals surface area contributed by atoms with Gasteiger partial charge in [-0.1, -0.05) is 12.1 Å². The van der Waals surface area contributed by atoms with E-state index in [4.69, 9.17) is 15.9 Å². The van der Waals surface area contributed by atoms with E-state index >= 15 is 0 Å². The summed E-state index contributed by atoms with van der Waals surface area (Å²) in [5, 5.41) is 0. The molecule has 4 rings (SSSR count). The first-order chi connectivity index (χ1) is 10.2. The fourth-order valence-electron chi connectivity index (χ4n) is 2.63. The lowest BCUT2D eigenvalue weighted by molar-refractivity contribution is 0.104. The van der Waals surface area contributed by atoms with E-state index < -0.39 is 0 Å². The summed E-state index contributed by atoms with van der Waals surface area (Å²) in [6.07, 6.45) is 1.51. The standard InChI is InChI=1S/C15H10N4O2/c16-8-4-1-3-7-10(8)14(20)11-12(7)18-15(17)19-13(11)9-5-2-6-21-9/h1-6H,16H2,(H2,17,18,19). The van der Waals surface area contributed by atoms with Gasteiger partial charge < -0.3 is 15.9 Å². The van der Waals surface area contributed by atoms with Crippen LogP contribution in [0.1, 0.15) is 15.9 Å². The average Bonchev–Trinajstić information content (AvgIpc) is 3.07. The van der Waals surface area contributed by atoms with E-state index in [0.29, 0.717) is 39.5 Å². The van der Waals surface area contributed by atoms with Crippen LogP contribution in [0.3, 0.4) is 0 Å². The van der Waals surface area contributed by atoms with Crippen molar-refractivity contribution in [2.24, 2.45) is 0 Å². The maximum absolute atomic E-state index is 12.7. The van der Waals surface area contributed by atoms with Gasteiger partial charge in [0.1, 0.15) is 5.69 Å². The zero-order chi connectivity index (χ0) is 14.6. The van der Waals surface area contributed by atoms with Gasteiger partial charge in [0.15, 0.2) is 11.5 Å². The van der Waals surface area contributed by atoms with Crippen LogP contribution in [0.15, 0.2) is 41.0 Å². The van der Waals surface area contributed by atoms with Crippen molar-refractivity contribution in [3.63, 3.8) is 0 Å². The predicted molar refractivity (Wildman–Crippen MR) is 77.4 cm³/mol. The fourth-order valence-corrected chi connectivity index (χ4v) is 2.63. The molecule has 6 nitrogen and oxygen atoms in total. The summed E-state index contributed by atoms with van der Waals surface area (Å²) in [7, 11) is 0. The number of hydrogen-bond acceptors (Lipinski definition) is 6. The topological polar surface area (TPSA) is 108 Å². The number of furan rings is 1. The highest BCUT2D eigenvalue weighted by atomic mass is 16.3. The molecule has 21 heavy (non-hydrogen) atoms. The summed E-state index contributed by atoms with van der Waals surface area (Å²) in [5.41, 5.74) is 14.5. The van der Waals surface area contributed by atoms with Crippen LogP contribution < -0.4 is 11.5 Å². The lowest BCUT2D eigenvalue weighted by Gasteiger charge is -2.04. The zero-order valence-electron chi connectivity index (χ0n) is 10.8. The number of carbonyl (C=O) groups is 1. The number of nitrogen functional groups attached to an aromatic ring is 2. The highest BCUT2D eigenvalue weighted by molar-refractivity contribution is 6.25. The van der Waals surface area contributed by atoms with Gasteiger partial charge in [-0.05, 0) is 18.2 Å². The Balaban J connectivity index is 2.09. The fraction of sp³-hybridized carbons (Fsp3) is 0. The van der Waals surface area contributed by atoms with E-state index in [2.05, 4.69) is 9.97 Å². The highest BCUT2D eigenvalue weighted by Crippen LogP contribution is 2.42. The number of nitrogens with two attached hydrogens (primary N) is 2. The van der Waals surface area contributed by atoms with E-state index in [-0.39, 0.29) is 11.7 Å². The van der Waals surface area contributed by atoms with E-state index in [1.54, 1.807) is 30.3 Å². The van der Waals surface area contributed by atoms with Crippen molar-refractivity contribution >= 4 is 17.4 Å². The maximum atomic E-state index is 12.7. The number of nitrogens with zero attached hydrogens (tertiary/aromatic N) is 2. The van der Waals surface area contributed by atoms with Crippen LogP contribution >= 0.6 is 0 Å². The number of carbonyl (C=O) groups excluding carboxylic acids is 1. The summed E-state index contributed by atoms with van der Waals surface area (Å²) >= 11 is 0. The molecule has 3 aromatic rings. The Kier molecular flexibility index (Phi) is 2.18. The molecule has 0 atom stereocenters. The summed E-state index contributed by atoms with van der Waals surface area (Å²) < 4.78 is 5.35. The van der Waals surface area contributed by atoms with Gasteiger partial charge in [-0.3, -0.25) is 4.79 Å². The van der Waals surface area contributed by atoms with Crippen LogP contribution in [0.25, 0.3) is 22.7 Å². The van der Waals surface area contributed by atoms with Gasteiger partial charge in [0.05, 0.1) is 23.1 Å². The number of ketones is 1. The van der Waals surface area contributed by atoms with Crippen molar-refractivity contribution in [1.29, 1.82) is 0 Å². The van der Waals surface area contributed by atoms with E-state index in [1.807, 2.05) is 0 Å². The van der Waals surface area contributed by atoms with Crippen LogP contribution in [0.5, 0.6) is 0 Å². The van der Waals surface area contributed by atoms with Gasteiger partial charge in [-0.25, -0.2) is 9.97 Å². The Morgan fingerprint density at radius 3 is 2.52 bits per heavy atom. The molecule has 0 unspecified atom stereocenters. The number of rotatable bonds is 1. The first-order valence-electron chi connectivity index (χ1n) is 6.32. The smallest absolute Gasteiger partial charge is 0.221 e. The van der Waals surface area contributed by atoms with Gasteiger partial charge in [-0.15, -0.1) is 0 Å². The SMILES string of the molecule is Nc1nc(-c2ccco2)c2c(n1)-c1cccc(N)c1C2=O. The van der Waals surface area contributed by atoms with Gasteiger partial charge in [-0.2, -0.15) is 0 Å². The largest absolute Gasteiger partial charge is 0.463 e. The first kappa shape index (κ1) is 11.7. The molecule has 0 spiro atoms. The molecule has 0 amide bonds. The predicted octanol–water partition coefficient (Wildman–Crippen LogP) is 2.11. The molecule has 0 bridgehead atoms. The van der Waals surface area contributed by atoms with Gasteiger partial charge in [0.2, 0.25) is 5.95 Å². The summed E-state index contributed by atoms with van der Waals surface area (Å²) in [4.78, 5) is 21.1. The highest BCUT2D eigenvalue weighted by Gasteiger charge is 2.34. The van der Waals surface area contributed by atoms with Gasteiger partial charge >= 0.3 is 0 Å². The number of anilines is 2. The van der Waals surface area contributed by atoms with E-state index in [1.165, 1.54) is 6.26 Å². The third-order valence-electron chi connectivity index (χ3n) is 3.49. The summed E-state index contributed by atoms with van der Waals surface area (Å²) in [5.74, 6) is 0.354. The van der Waals surface area contributed by atoms with Crippen molar-refractivity contribution < 1.29 is 9.21 Å². The Bertz CT molecular complexity index is 885. The molecule has 1 aromatic carbocycles. The number of benzene rings is 1. The molecule has 0 saturated carbocycles. The second-order valence-electron chi connectivity index (χ2n) is 4.73. The molecule has 0 aliphatic heterocycles. The molecule has 2 heterocycles. The quantitative estimate of drug-likeness (QED) is 0.516. The first-order valence-corrected chi connectivity index (χ1v) is 6.32. The molecule has 0 radical (unpaired) electrons. The maximum Gasteiger partial charge on any atom is 0.221 e. The van der Waals surface area contributed by atoms with Crippen molar-refractivity contribution in [1.82, 2.24) is 9.97 Å². The van der Waals surface area contributed by atoms with Crippen molar-refractivity contribution in [3.8, 4) is 22.7 Å². The lowest BCUT2D eigenvalue weighted by Crippen LogP contribution is -2.05. The third-order valence-corrected chi connectivity index (χ3v) is 3.49. The zero-order valence-corrected chi connectivity index (χ0v) is 10.8. The minimum Gasteiger partial charge on any atom is -0.463 e. The van der Waals surface area contributed by atoms with Crippen molar-refractivity contribution in [3.05, 3.63) is 47.7 Å². The second-order valence-corrected chi connectivity index (χ2v) is 4.73. The third kappa shape index (κ3) is 1.50. The minimum atomic E-state index is -0.204. The molecule has 6 heteroatoms.